The van der Waals surface area contributed by atoms with E-state index in [1.54, 1.807) is 6.92 Å². The molecule has 0 heterocycles. The highest BCUT2D eigenvalue weighted by atomic mass is 79.9. The zero-order valence-corrected chi connectivity index (χ0v) is 11.2. The van der Waals surface area contributed by atoms with Crippen LogP contribution >= 0.6 is 28.3 Å². The van der Waals surface area contributed by atoms with Gasteiger partial charge in [0.2, 0.25) is 0 Å². The molecule has 1 rings (SSSR count). The molecule has 0 bridgehead atoms. The van der Waals surface area contributed by atoms with E-state index in [1.165, 1.54) is 12.1 Å². The molecule has 0 saturated carbocycles. The van der Waals surface area contributed by atoms with Crippen LogP contribution in [-0.4, -0.2) is 0 Å². The molecule has 0 unspecified atom stereocenters. The molecule has 1 nitrogen and oxygen atoms in total. The van der Waals surface area contributed by atoms with E-state index in [-0.39, 0.29) is 22.4 Å². The summed E-state index contributed by atoms with van der Waals surface area (Å²) in [5.74, 6) is -1.26. The average Bonchev–Trinajstić information content (AvgIpc) is 2.11. The lowest BCUT2D eigenvalue weighted by molar-refractivity contribution is 0.520. The van der Waals surface area contributed by atoms with Gasteiger partial charge in [-0.05, 0) is 41.4 Å². The standard InChI is InChI=1S/C11H12BrF2N.ClH/c1-6(2)5-9(15)10-8(13)4-3-7(12)11(10)14;/h3-4,9H,1,5,15H2,2H3;1H/t9-;/m0./s1. The second-order valence-corrected chi connectivity index (χ2v) is 4.38. The van der Waals surface area contributed by atoms with Crippen LogP contribution in [0, 0.1) is 11.6 Å². The van der Waals surface area contributed by atoms with Crippen LogP contribution in [0.2, 0.25) is 0 Å². The van der Waals surface area contributed by atoms with Gasteiger partial charge in [0.1, 0.15) is 11.6 Å². The first-order valence-corrected chi connectivity index (χ1v) is 5.26. The summed E-state index contributed by atoms with van der Waals surface area (Å²) in [4.78, 5) is 0. The molecule has 0 aliphatic heterocycles. The van der Waals surface area contributed by atoms with Crippen LogP contribution in [0.5, 0.6) is 0 Å². The smallest absolute Gasteiger partial charge is 0.145 e. The molecular formula is C11H13BrClF2N. The summed E-state index contributed by atoms with van der Waals surface area (Å²) in [6, 6.07) is 1.82. The van der Waals surface area contributed by atoms with Crippen LogP contribution in [-0.2, 0) is 0 Å². The fourth-order valence-corrected chi connectivity index (χ4v) is 1.71. The van der Waals surface area contributed by atoms with Gasteiger partial charge in [0.15, 0.2) is 0 Å². The maximum Gasteiger partial charge on any atom is 0.145 e. The van der Waals surface area contributed by atoms with Crippen LogP contribution in [0.4, 0.5) is 8.78 Å². The van der Waals surface area contributed by atoms with E-state index in [9.17, 15) is 8.78 Å². The molecule has 0 amide bonds. The molecule has 1 aromatic carbocycles. The monoisotopic (exact) mass is 311 g/mol. The Morgan fingerprint density at radius 1 is 1.50 bits per heavy atom. The Kier molecular flexibility index (Phi) is 6.15. The Morgan fingerprint density at radius 2 is 2.06 bits per heavy atom. The van der Waals surface area contributed by atoms with Crippen molar-refractivity contribution in [2.24, 2.45) is 5.73 Å². The molecule has 0 fully saturated rings. The first-order chi connectivity index (χ1) is 6.93. The van der Waals surface area contributed by atoms with Gasteiger partial charge in [0.05, 0.1) is 4.47 Å². The molecule has 0 aromatic heterocycles. The Balaban J connectivity index is 0.00000225. The van der Waals surface area contributed by atoms with Crippen molar-refractivity contribution in [1.29, 1.82) is 0 Å². The molecule has 0 radical (unpaired) electrons. The first kappa shape index (κ1) is 15.6. The van der Waals surface area contributed by atoms with E-state index < -0.39 is 17.7 Å². The third-order valence-corrected chi connectivity index (χ3v) is 2.63. The molecule has 5 heteroatoms. The lowest BCUT2D eigenvalue weighted by atomic mass is 10.0. The minimum Gasteiger partial charge on any atom is -0.324 e. The number of rotatable bonds is 3. The van der Waals surface area contributed by atoms with Crippen molar-refractivity contribution < 1.29 is 8.78 Å². The van der Waals surface area contributed by atoms with E-state index in [1.807, 2.05) is 0 Å². The minimum atomic E-state index is -0.694. The van der Waals surface area contributed by atoms with Gasteiger partial charge in [-0.15, -0.1) is 19.0 Å². The van der Waals surface area contributed by atoms with Gasteiger partial charge in [-0.25, -0.2) is 8.78 Å². The zero-order chi connectivity index (χ0) is 11.6. The summed E-state index contributed by atoms with van der Waals surface area (Å²) in [6.45, 7) is 5.44. The predicted molar refractivity (Wildman–Crippen MR) is 67.7 cm³/mol. The maximum absolute atomic E-state index is 13.6. The Bertz CT molecular complexity index is 396. The van der Waals surface area contributed by atoms with Crippen LogP contribution in [0.1, 0.15) is 24.9 Å². The van der Waals surface area contributed by atoms with Crippen molar-refractivity contribution in [2.45, 2.75) is 19.4 Å². The van der Waals surface area contributed by atoms with Gasteiger partial charge in [-0.2, -0.15) is 0 Å². The molecule has 16 heavy (non-hydrogen) atoms. The molecule has 0 saturated heterocycles. The third kappa shape index (κ3) is 3.54. The average molecular weight is 313 g/mol. The SMILES string of the molecule is C=C(C)C[C@H](N)c1c(F)ccc(Br)c1F.Cl. The van der Waals surface area contributed by atoms with Gasteiger partial charge in [0.25, 0.3) is 0 Å². The lowest BCUT2D eigenvalue weighted by Crippen LogP contribution is -2.14. The lowest BCUT2D eigenvalue weighted by Gasteiger charge is -2.14. The van der Waals surface area contributed by atoms with Crippen molar-refractivity contribution in [3.63, 3.8) is 0 Å². The number of hydrogen-bond acceptors (Lipinski definition) is 1. The summed E-state index contributed by atoms with van der Waals surface area (Å²) in [7, 11) is 0. The fraction of sp³-hybridized carbons (Fsp3) is 0.273. The van der Waals surface area contributed by atoms with E-state index in [0.717, 1.165) is 5.57 Å². The minimum absolute atomic E-state index is 0. The van der Waals surface area contributed by atoms with Gasteiger partial charge in [-0.3, -0.25) is 0 Å². The highest BCUT2D eigenvalue weighted by Crippen LogP contribution is 2.28. The van der Waals surface area contributed by atoms with Gasteiger partial charge >= 0.3 is 0 Å². The highest BCUT2D eigenvalue weighted by Gasteiger charge is 2.18. The molecule has 1 aromatic rings. The van der Waals surface area contributed by atoms with Crippen molar-refractivity contribution in [3.05, 3.63) is 46.0 Å². The maximum atomic E-state index is 13.6. The second-order valence-electron chi connectivity index (χ2n) is 3.52. The van der Waals surface area contributed by atoms with Gasteiger partial charge in [0, 0.05) is 11.6 Å². The Hall–Kier alpha value is -0.450. The molecule has 0 aliphatic carbocycles. The Morgan fingerprint density at radius 3 is 2.56 bits per heavy atom. The largest absolute Gasteiger partial charge is 0.324 e. The topological polar surface area (TPSA) is 26.0 Å². The van der Waals surface area contributed by atoms with Crippen LogP contribution in [0.15, 0.2) is 28.8 Å². The van der Waals surface area contributed by atoms with Crippen molar-refractivity contribution >= 4 is 28.3 Å². The number of hydrogen-bond donors (Lipinski definition) is 1. The number of nitrogens with two attached hydrogens (primary N) is 1. The van der Waals surface area contributed by atoms with Crippen LogP contribution in [0.25, 0.3) is 0 Å². The fourth-order valence-electron chi connectivity index (χ4n) is 1.36. The molecule has 90 valence electrons. The second kappa shape index (κ2) is 6.33. The summed E-state index contributed by atoms with van der Waals surface area (Å²) < 4.78 is 27.1. The van der Waals surface area contributed by atoms with E-state index >= 15 is 0 Å². The summed E-state index contributed by atoms with van der Waals surface area (Å²) in [5.41, 5.74) is 6.41. The van der Waals surface area contributed by atoms with Gasteiger partial charge in [-0.1, -0.05) is 5.57 Å². The quantitative estimate of drug-likeness (QED) is 0.659. The van der Waals surface area contributed by atoms with E-state index in [0.29, 0.717) is 6.42 Å². The molecule has 1 atom stereocenters. The number of halogens is 4. The van der Waals surface area contributed by atoms with Crippen molar-refractivity contribution in [2.75, 3.05) is 0 Å². The molecule has 0 aliphatic rings. The predicted octanol–water partition coefficient (Wildman–Crippen LogP) is 4.12. The van der Waals surface area contributed by atoms with E-state index in [4.69, 9.17) is 5.73 Å². The normalized spacial score (nSPS) is 11.8. The third-order valence-electron chi connectivity index (χ3n) is 2.02. The first-order valence-electron chi connectivity index (χ1n) is 4.46. The zero-order valence-electron chi connectivity index (χ0n) is 8.77. The van der Waals surface area contributed by atoms with E-state index in [2.05, 4.69) is 22.5 Å². The summed E-state index contributed by atoms with van der Waals surface area (Å²) >= 11 is 3.00. The Labute approximate surface area is 108 Å². The van der Waals surface area contributed by atoms with Crippen molar-refractivity contribution in [3.8, 4) is 0 Å². The summed E-state index contributed by atoms with van der Waals surface area (Å²) in [5, 5.41) is 0. The van der Waals surface area contributed by atoms with Crippen molar-refractivity contribution in [1.82, 2.24) is 0 Å². The summed E-state index contributed by atoms with van der Waals surface area (Å²) in [6.07, 6.45) is 0.365. The molecular weight excluding hydrogens is 299 g/mol. The molecule has 2 N–H and O–H groups in total. The van der Waals surface area contributed by atoms with Gasteiger partial charge < -0.3 is 5.73 Å². The highest BCUT2D eigenvalue weighted by molar-refractivity contribution is 9.10. The molecule has 0 spiro atoms. The van der Waals surface area contributed by atoms with Crippen LogP contribution < -0.4 is 5.73 Å². The number of benzene rings is 1. The van der Waals surface area contributed by atoms with Crippen LogP contribution in [0.3, 0.4) is 0 Å².